The molecular formula is C12H10N6O. The number of pyridine rings is 1. The van der Waals surface area contributed by atoms with Crippen molar-refractivity contribution in [3.05, 3.63) is 42.5 Å². The Kier molecular flexibility index (Phi) is 2.95. The molecule has 3 aromatic rings. The summed E-state index contributed by atoms with van der Waals surface area (Å²) in [6.07, 6.45) is 4.73. The number of hydrogen-bond donors (Lipinski definition) is 1. The summed E-state index contributed by atoms with van der Waals surface area (Å²) in [6, 6.07) is 5.37. The maximum absolute atomic E-state index is 5.51. The van der Waals surface area contributed by atoms with Crippen molar-refractivity contribution in [1.29, 1.82) is 0 Å². The van der Waals surface area contributed by atoms with E-state index in [1.807, 2.05) is 6.07 Å². The van der Waals surface area contributed by atoms with E-state index in [0.29, 0.717) is 29.6 Å². The molecule has 94 valence electrons. The first-order valence-corrected chi connectivity index (χ1v) is 5.62. The van der Waals surface area contributed by atoms with Crippen molar-refractivity contribution in [2.45, 2.75) is 6.54 Å². The van der Waals surface area contributed by atoms with Crippen molar-refractivity contribution in [2.24, 2.45) is 5.73 Å². The van der Waals surface area contributed by atoms with E-state index in [1.165, 1.54) is 6.33 Å². The fraction of sp³-hybridized carbons (Fsp3) is 0.0833. The van der Waals surface area contributed by atoms with Crippen LogP contribution in [-0.4, -0.2) is 25.1 Å². The highest BCUT2D eigenvalue weighted by atomic mass is 16.5. The second kappa shape index (κ2) is 4.91. The van der Waals surface area contributed by atoms with Gasteiger partial charge >= 0.3 is 0 Å². The van der Waals surface area contributed by atoms with Crippen molar-refractivity contribution < 1.29 is 4.52 Å². The molecule has 0 aliphatic rings. The van der Waals surface area contributed by atoms with Crippen LogP contribution < -0.4 is 5.73 Å². The average molecular weight is 254 g/mol. The molecule has 0 saturated heterocycles. The van der Waals surface area contributed by atoms with E-state index in [2.05, 4.69) is 25.1 Å². The number of nitrogens with zero attached hydrogens (tertiary/aromatic N) is 5. The minimum absolute atomic E-state index is 0.345. The van der Waals surface area contributed by atoms with Gasteiger partial charge in [0.05, 0.1) is 0 Å². The molecule has 0 unspecified atom stereocenters. The zero-order valence-corrected chi connectivity index (χ0v) is 9.89. The first-order chi connectivity index (χ1) is 9.36. The molecule has 0 aliphatic carbocycles. The van der Waals surface area contributed by atoms with E-state index in [4.69, 9.17) is 10.3 Å². The molecule has 19 heavy (non-hydrogen) atoms. The minimum atomic E-state index is 0.345. The Labute approximate surface area is 108 Å². The van der Waals surface area contributed by atoms with Crippen LogP contribution in [0.4, 0.5) is 0 Å². The van der Waals surface area contributed by atoms with Crippen LogP contribution in [-0.2, 0) is 6.54 Å². The zero-order valence-electron chi connectivity index (χ0n) is 9.89. The van der Waals surface area contributed by atoms with Gasteiger partial charge in [0.25, 0.3) is 5.89 Å². The van der Waals surface area contributed by atoms with Gasteiger partial charge in [-0.15, -0.1) is 0 Å². The van der Waals surface area contributed by atoms with Crippen molar-refractivity contribution in [3.8, 4) is 23.1 Å². The van der Waals surface area contributed by atoms with Crippen molar-refractivity contribution >= 4 is 0 Å². The Morgan fingerprint density at radius 2 is 2.05 bits per heavy atom. The largest absolute Gasteiger partial charge is 0.332 e. The molecule has 3 rings (SSSR count). The summed E-state index contributed by atoms with van der Waals surface area (Å²) >= 11 is 0. The molecule has 7 nitrogen and oxygen atoms in total. The number of rotatable bonds is 3. The molecule has 0 aliphatic heterocycles. The van der Waals surface area contributed by atoms with Crippen LogP contribution in [0.2, 0.25) is 0 Å². The molecule has 0 radical (unpaired) electrons. The van der Waals surface area contributed by atoms with Gasteiger partial charge in [-0.05, 0) is 17.7 Å². The SMILES string of the molecule is NCc1ccc(-c2nc(-c3ccncn3)no2)nc1. The van der Waals surface area contributed by atoms with Crippen LogP contribution in [0.15, 0.2) is 41.4 Å². The van der Waals surface area contributed by atoms with E-state index in [-0.39, 0.29) is 0 Å². The molecule has 0 spiro atoms. The average Bonchev–Trinajstić information content (AvgIpc) is 2.98. The molecule has 0 bridgehead atoms. The molecular weight excluding hydrogens is 244 g/mol. The molecule has 0 saturated carbocycles. The molecule has 0 fully saturated rings. The molecule has 7 heteroatoms. The van der Waals surface area contributed by atoms with Crippen LogP contribution in [0.25, 0.3) is 23.1 Å². The Morgan fingerprint density at radius 1 is 1.11 bits per heavy atom. The van der Waals surface area contributed by atoms with Crippen LogP contribution in [0.3, 0.4) is 0 Å². The van der Waals surface area contributed by atoms with Crippen molar-refractivity contribution in [2.75, 3.05) is 0 Å². The van der Waals surface area contributed by atoms with E-state index < -0.39 is 0 Å². The summed E-state index contributed by atoms with van der Waals surface area (Å²) in [4.78, 5) is 16.3. The fourth-order valence-electron chi connectivity index (χ4n) is 1.53. The second-order valence-corrected chi connectivity index (χ2v) is 3.77. The third-order valence-electron chi connectivity index (χ3n) is 2.52. The lowest BCUT2D eigenvalue weighted by molar-refractivity contribution is 0.430. The summed E-state index contributed by atoms with van der Waals surface area (Å²) in [5.41, 5.74) is 7.66. The smallest absolute Gasteiger partial charge is 0.276 e. The summed E-state index contributed by atoms with van der Waals surface area (Å²) in [6.45, 7) is 0.448. The lowest BCUT2D eigenvalue weighted by Gasteiger charge is -1.96. The van der Waals surface area contributed by atoms with Gasteiger partial charge in [0, 0.05) is 18.9 Å². The quantitative estimate of drug-likeness (QED) is 0.744. The Morgan fingerprint density at radius 3 is 2.74 bits per heavy atom. The van der Waals surface area contributed by atoms with Crippen LogP contribution >= 0.6 is 0 Å². The second-order valence-electron chi connectivity index (χ2n) is 3.77. The molecule has 0 aromatic carbocycles. The summed E-state index contributed by atoms with van der Waals surface area (Å²) in [5.74, 6) is 0.749. The highest BCUT2D eigenvalue weighted by molar-refractivity contribution is 5.53. The summed E-state index contributed by atoms with van der Waals surface area (Å²) in [5, 5.41) is 3.86. The molecule has 3 aromatic heterocycles. The minimum Gasteiger partial charge on any atom is -0.332 e. The topological polar surface area (TPSA) is 104 Å². The van der Waals surface area contributed by atoms with Gasteiger partial charge in [-0.3, -0.25) is 4.98 Å². The standard InChI is InChI=1S/C12H10N6O/c13-5-8-1-2-10(15-6-8)12-17-11(18-19-12)9-3-4-14-7-16-9/h1-4,6-7H,5,13H2. The van der Waals surface area contributed by atoms with Gasteiger partial charge in [0.15, 0.2) is 0 Å². The highest BCUT2D eigenvalue weighted by Gasteiger charge is 2.12. The maximum atomic E-state index is 5.51. The van der Waals surface area contributed by atoms with Gasteiger partial charge in [-0.2, -0.15) is 4.98 Å². The van der Waals surface area contributed by atoms with Gasteiger partial charge in [-0.25, -0.2) is 9.97 Å². The molecule has 0 amide bonds. The van der Waals surface area contributed by atoms with Gasteiger partial charge in [0.2, 0.25) is 5.82 Å². The number of aromatic nitrogens is 5. The van der Waals surface area contributed by atoms with E-state index in [0.717, 1.165) is 5.56 Å². The summed E-state index contributed by atoms with van der Waals surface area (Å²) < 4.78 is 5.16. The lowest BCUT2D eigenvalue weighted by Crippen LogP contribution is -1.96. The number of nitrogens with two attached hydrogens (primary N) is 1. The highest BCUT2D eigenvalue weighted by Crippen LogP contribution is 2.18. The van der Waals surface area contributed by atoms with E-state index in [9.17, 15) is 0 Å². The van der Waals surface area contributed by atoms with Crippen LogP contribution in [0.5, 0.6) is 0 Å². The molecule has 2 N–H and O–H groups in total. The van der Waals surface area contributed by atoms with Crippen molar-refractivity contribution in [3.63, 3.8) is 0 Å². The van der Waals surface area contributed by atoms with Crippen LogP contribution in [0.1, 0.15) is 5.56 Å². The Balaban J connectivity index is 1.92. The predicted octanol–water partition coefficient (Wildman–Crippen LogP) is 1.05. The third-order valence-corrected chi connectivity index (χ3v) is 2.52. The molecule has 3 heterocycles. The third kappa shape index (κ3) is 2.31. The normalized spacial score (nSPS) is 10.6. The van der Waals surface area contributed by atoms with E-state index in [1.54, 1.807) is 24.5 Å². The first-order valence-electron chi connectivity index (χ1n) is 5.62. The Hall–Kier alpha value is -2.67. The van der Waals surface area contributed by atoms with Gasteiger partial charge < -0.3 is 10.3 Å². The zero-order chi connectivity index (χ0) is 13.1. The van der Waals surface area contributed by atoms with Crippen molar-refractivity contribution in [1.82, 2.24) is 25.1 Å². The fourth-order valence-corrected chi connectivity index (χ4v) is 1.53. The lowest BCUT2D eigenvalue weighted by atomic mass is 10.2. The first kappa shape index (κ1) is 11.4. The van der Waals surface area contributed by atoms with Crippen LogP contribution in [0, 0.1) is 0 Å². The Bertz CT molecular complexity index is 664. The maximum Gasteiger partial charge on any atom is 0.276 e. The summed E-state index contributed by atoms with van der Waals surface area (Å²) in [7, 11) is 0. The number of hydrogen-bond acceptors (Lipinski definition) is 7. The monoisotopic (exact) mass is 254 g/mol. The predicted molar refractivity (Wildman–Crippen MR) is 66.4 cm³/mol. The van der Waals surface area contributed by atoms with Gasteiger partial charge in [0.1, 0.15) is 17.7 Å². The molecule has 0 atom stereocenters. The van der Waals surface area contributed by atoms with E-state index >= 15 is 0 Å². The van der Waals surface area contributed by atoms with Gasteiger partial charge in [-0.1, -0.05) is 11.2 Å².